The molecule has 0 unspecified atom stereocenters. The van der Waals surface area contributed by atoms with Crippen molar-refractivity contribution >= 4 is 23.1 Å². The molecule has 1 heterocycles. The normalized spacial score (nSPS) is 10.1. The number of carbonyl (C=O) groups is 1. The fourth-order valence-corrected chi connectivity index (χ4v) is 2.30. The van der Waals surface area contributed by atoms with E-state index >= 15 is 0 Å². The lowest BCUT2D eigenvalue weighted by atomic mass is 10.2. The summed E-state index contributed by atoms with van der Waals surface area (Å²) in [5.41, 5.74) is 3.33. The number of nitrogens with zero attached hydrogens (tertiary/aromatic N) is 1. The number of methoxy groups -OCH3 is 1. The summed E-state index contributed by atoms with van der Waals surface area (Å²) in [6, 6.07) is 14.5. The maximum atomic E-state index is 12.1. The van der Waals surface area contributed by atoms with Crippen LogP contribution in [0, 0.1) is 0 Å². The smallest absolute Gasteiger partial charge is 0.323 e. The second-order valence-corrected chi connectivity index (χ2v) is 5.35. The molecule has 0 saturated carbocycles. The number of aromatic amines is 1. The number of urea groups is 1. The predicted octanol–water partition coefficient (Wildman–Crippen LogP) is 3.67. The first-order valence-electron chi connectivity index (χ1n) is 7.76. The van der Waals surface area contributed by atoms with Gasteiger partial charge in [0.2, 0.25) is 0 Å². The lowest BCUT2D eigenvalue weighted by molar-refractivity contribution is 0.262. The fourth-order valence-electron chi connectivity index (χ4n) is 2.30. The molecule has 0 aliphatic heterocycles. The lowest BCUT2D eigenvalue weighted by Gasteiger charge is -2.10. The van der Waals surface area contributed by atoms with Gasteiger partial charge in [-0.15, -0.1) is 0 Å². The molecule has 0 aliphatic carbocycles. The first-order chi connectivity index (χ1) is 12.2. The number of hydrogen-bond acceptors (Lipinski definition) is 4. The number of amides is 2. The van der Waals surface area contributed by atoms with Crippen molar-refractivity contribution in [2.45, 2.75) is 6.54 Å². The van der Waals surface area contributed by atoms with Crippen molar-refractivity contribution in [3.05, 3.63) is 66.5 Å². The van der Waals surface area contributed by atoms with Crippen LogP contribution >= 0.6 is 0 Å². The van der Waals surface area contributed by atoms with Crippen LogP contribution in [0.4, 0.5) is 21.9 Å². The van der Waals surface area contributed by atoms with E-state index in [4.69, 9.17) is 4.74 Å². The van der Waals surface area contributed by atoms with Gasteiger partial charge in [-0.3, -0.25) is 5.10 Å². The van der Waals surface area contributed by atoms with Crippen LogP contribution in [0.25, 0.3) is 0 Å². The molecule has 7 heteroatoms. The first-order valence-corrected chi connectivity index (χ1v) is 7.76. The van der Waals surface area contributed by atoms with Crippen molar-refractivity contribution in [2.24, 2.45) is 0 Å². The van der Waals surface area contributed by atoms with E-state index in [1.807, 2.05) is 36.4 Å². The van der Waals surface area contributed by atoms with Gasteiger partial charge in [-0.05, 0) is 29.8 Å². The second-order valence-electron chi connectivity index (χ2n) is 5.35. The Morgan fingerprint density at radius 2 is 1.84 bits per heavy atom. The number of aromatic nitrogens is 2. The molecule has 0 fully saturated rings. The summed E-state index contributed by atoms with van der Waals surface area (Å²) < 4.78 is 5.14. The summed E-state index contributed by atoms with van der Waals surface area (Å²) in [5.74, 6) is 0.685. The van der Waals surface area contributed by atoms with E-state index in [-0.39, 0.29) is 6.03 Å². The quantitative estimate of drug-likeness (QED) is 0.552. The molecule has 3 aromatic rings. The van der Waals surface area contributed by atoms with Gasteiger partial charge in [-0.2, -0.15) is 5.10 Å². The van der Waals surface area contributed by atoms with Gasteiger partial charge in [-0.25, -0.2) is 4.79 Å². The number of carbonyl (C=O) groups excluding carboxylic acids is 1. The van der Waals surface area contributed by atoms with Gasteiger partial charge in [0.15, 0.2) is 0 Å². The molecule has 0 atom stereocenters. The summed E-state index contributed by atoms with van der Waals surface area (Å²) in [4.78, 5) is 12.1. The number of hydrogen-bond donors (Lipinski definition) is 4. The van der Waals surface area contributed by atoms with Crippen molar-refractivity contribution in [2.75, 3.05) is 23.1 Å². The molecule has 128 valence electrons. The zero-order valence-corrected chi connectivity index (χ0v) is 13.7. The average Bonchev–Trinajstić information content (AvgIpc) is 3.14. The largest absolute Gasteiger partial charge is 0.497 e. The van der Waals surface area contributed by atoms with E-state index in [0.29, 0.717) is 23.7 Å². The topological polar surface area (TPSA) is 91.1 Å². The third-order valence-electron chi connectivity index (χ3n) is 3.51. The van der Waals surface area contributed by atoms with Crippen LogP contribution in [0.1, 0.15) is 5.56 Å². The van der Waals surface area contributed by atoms with Crippen molar-refractivity contribution in [1.82, 2.24) is 10.2 Å². The zero-order chi connectivity index (χ0) is 17.5. The highest BCUT2D eigenvalue weighted by Gasteiger charge is 2.04. The monoisotopic (exact) mass is 337 g/mol. The average molecular weight is 337 g/mol. The van der Waals surface area contributed by atoms with Crippen molar-refractivity contribution in [1.29, 1.82) is 0 Å². The molecule has 25 heavy (non-hydrogen) atoms. The van der Waals surface area contributed by atoms with Crippen LogP contribution in [-0.2, 0) is 6.54 Å². The SMILES string of the molecule is COc1cccc(NC(=O)Nc2cccc(CNc3cn[nH]c3)c2)c1. The molecular formula is C18H19N5O2. The molecule has 0 bridgehead atoms. The van der Waals surface area contributed by atoms with Crippen LogP contribution in [0.2, 0.25) is 0 Å². The van der Waals surface area contributed by atoms with E-state index in [9.17, 15) is 4.79 Å². The number of rotatable bonds is 6. The van der Waals surface area contributed by atoms with Gasteiger partial charge in [0.25, 0.3) is 0 Å². The zero-order valence-electron chi connectivity index (χ0n) is 13.7. The van der Waals surface area contributed by atoms with Crippen LogP contribution in [0.5, 0.6) is 5.75 Å². The van der Waals surface area contributed by atoms with Crippen molar-refractivity contribution < 1.29 is 9.53 Å². The van der Waals surface area contributed by atoms with E-state index in [2.05, 4.69) is 26.1 Å². The van der Waals surface area contributed by atoms with E-state index in [1.54, 1.807) is 31.6 Å². The summed E-state index contributed by atoms with van der Waals surface area (Å²) in [7, 11) is 1.59. The molecular weight excluding hydrogens is 318 g/mol. The number of ether oxygens (including phenoxy) is 1. The maximum Gasteiger partial charge on any atom is 0.323 e. The Labute approximate surface area is 145 Å². The molecule has 0 saturated heterocycles. The Hall–Kier alpha value is -3.48. The third kappa shape index (κ3) is 4.74. The number of nitrogens with one attached hydrogen (secondary N) is 4. The number of benzene rings is 2. The first kappa shape index (κ1) is 16.4. The Kier molecular flexibility index (Phi) is 5.16. The highest BCUT2D eigenvalue weighted by atomic mass is 16.5. The molecule has 2 amide bonds. The molecule has 7 nitrogen and oxygen atoms in total. The Balaban J connectivity index is 1.58. The van der Waals surface area contributed by atoms with Crippen molar-refractivity contribution in [3.8, 4) is 5.75 Å². The summed E-state index contributed by atoms with van der Waals surface area (Å²) in [5, 5.41) is 15.5. The van der Waals surface area contributed by atoms with Crippen LogP contribution in [0.3, 0.4) is 0 Å². The second kappa shape index (κ2) is 7.87. The standard InChI is InChI=1S/C18H19N5O2/c1-25-17-7-3-6-15(9-17)23-18(24)22-14-5-2-4-13(8-14)10-19-16-11-20-21-12-16/h2-9,11-12,19H,10H2,1H3,(H,20,21)(H2,22,23,24). The van der Waals surface area contributed by atoms with E-state index in [0.717, 1.165) is 11.3 Å². The van der Waals surface area contributed by atoms with Crippen LogP contribution in [0.15, 0.2) is 60.9 Å². The van der Waals surface area contributed by atoms with Gasteiger partial charge in [0, 0.05) is 30.2 Å². The van der Waals surface area contributed by atoms with Crippen LogP contribution in [-0.4, -0.2) is 23.3 Å². The van der Waals surface area contributed by atoms with Crippen LogP contribution < -0.4 is 20.7 Å². The van der Waals surface area contributed by atoms with Gasteiger partial charge in [0.1, 0.15) is 5.75 Å². The minimum Gasteiger partial charge on any atom is -0.497 e. The summed E-state index contributed by atoms with van der Waals surface area (Å²) in [6.45, 7) is 0.632. The highest BCUT2D eigenvalue weighted by molar-refractivity contribution is 5.99. The van der Waals surface area contributed by atoms with Gasteiger partial charge in [-0.1, -0.05) is 18.2 Å². The molecule has 3 rings (SSSR count). The third-order valence-corrected chi connectivity index (χ3v) is 3.51. The Morgan fingerprint density at radius 1 is 1.08 bits per heavy atom. The lowest BCUT2D eigenvalue weighted by Crippen LogP contribution is -2.19. The number of anilines is 3. The molecule has 1 aromatic heterocycles. The van der Waals surface area contributed by atoms with Gasteiger partial charge >= 0.3 is 6.03 Å². The van der Waals surface area contributed by atoms with Crippen molar-refractivity contribution in [3.63, 3.8) is 0 Å². The van der Waals surface area contributed by atoms with E-state index in [1.165, 1.54) is 0 Å². The molecule has 2 aromatic carbocycles. The van der Waals surface area contributed by atoms with E-state index < -0.39 is 0 Å². The maximum absolute atomic E-state index is 12.1. The molecule has 0 radical (unpaired) electrons. The molecule has 4 N–H and O–H groups in total. The molecule has 0 aliphatic rings. The Bertz CT molecular complexity index is 833. The Morgan fingerprint density at radius 3 is 2.56 bits per heavy atom. The van der Waals surface area contributed by atoms with Gasteiger partial charge < -0.3 is 20.7 Å². The highest BCUT2D eigenvalue weighted by Crippen LogP contribution is 2.17. The predicted molar refractivity (Wildman–Crippen MR) is 98.0 cm³/mol. The molecule has 0 spiro atoms. The van der Waals surface area contributed by atoms with Gasteiger partial charge in [0.05, 0.1) is 19.0 Å². The summed E-state index contributed by atoms with van der Waals surface area (Å²) >= 11 is 0. The minimum atomic E-state index is -0.312. The minimum absolute atomic E-state index is 0.312. The fraction of sp³-hybridized carbons (Fsp3) is 0.111. The number of H-pyrrole nitrogens is 1. The summed E-state index contributed by atoms with van der Waals surface area (Å²) in [6.07, 6.45) is 3.49.